The van der Waals surface area contributed by atoms with Gasteiger partial charge in [0.2, 0.25) is 10.0 Å². The van der Waals surface area contributed by atoms with Crippen LogP contribution in [0.5, 0.6) is 0 Å². The first-order valence-corrected chi connectivity index (χ1v) is 6.64. The van der Waals surface area contributed by atoms with Gasteiger partial charge in [-0.3, -0.25) is 10.1 Å². The standard InChI is InChI=1S/C10H14FN3O3S/c1-17-4-5-18(15,16)14-9-3-2-7(10(12)13)6-8(9)11/h2-3,6,14H,4-5H2,1H3,(H3,12,13). The number of hydrogen-bond donors (Lipinski definition) is 3. The molecule has 0 saturated carbocycles. The molecule has 8 heteroatoms. The molecule has 0 aliphatic rings. The quantitative estimate of drug-likeness (QED) is 0.519. The third-order valence-electron chi connectivity index (χ3n) is 2.10. The number of anilines is 1. The van der Waals surface area contributed by atoms with Crippen molar-refractivity contribution in [1.29, 1.82) is 5.41 Å². The average Bonchev–Trinajstić information content (AvgIpc) is 2.29. The number of benzene rings is 1. The van der Waals surface area contributed by atoms with Gasteiger partial charge in [-0.15, -0.1) is 0 Å². The molecule has 1 rings (SSSR count). The number of halogens is 1. The maximum atomic E-state index is 13.6. The lowest BCUT2D eigenvalue weighted by Crippen LogP contribution is -2.20. The van der Waals surface area contributed by atoms with Crippen molar-refractivity contribution in [2.75, 3.05) is 24.2 Å². The lowest BCUT2D eigenvalue weighted by atomic mass is 10.2. The van der Waals surface area contributed by atoms with Crippen LogP contribution in [-0.2, 0) is 14.8 Å². The van der Waals surface area contributed by atoms with E-state index in [0.29, 0.717) is 0 Å². The van der Waals surface area contributed by atoms with Gasteiger partial charge in [0.15, 0.2) is 0 Å². The zero-order valence-electron chi connectivity index (χ0n) is 9.73. The molecule has 0 saturated heterocycles. The number of nitrogen functional groups attached to an aromatic ring is 1. The normalized spacial score (nSPS) is 11.2. The summed E-state index contributed by atoms with van der Waals surface area (Å²) < 4.78 is 43.3. The van der Waals surface area contributed by atoms with Crippen molar-refractivity contribution in [3.63, 3.8) is 0 Å². The number of methoxy groups -OCH3 is 1. The molecule has 0 heterocycles. The molecule has 6 nitrogen and oxygen atoms in total. The first-order chi connectivity index (χ1) is 8.35. The topological polar surface area (TPSA) is 105 Å². The van der Waals surface area contributed by atoms with Gasteiger partial charge in [-0.2, -0.15) is 0 Å². The van der Waals surface area contributed by atoms with Gasteiger partial charge in [0, 0.05) is 12.7 Å². The third-order valence-corrected chi connectivity index (χ3v) is 3.34. The van der Waals surface area contributed by atoms with Gasteiger partial charge in [0.05, 0.1) is 18.0 Å². The molecule has 0 aromatic heterocycles. The van der Waals surface area contributed by atoms with Crippen molar-refractivity contribution in [2.45, 2.75) is 0 Å². The highest BCUT2D eigenvalue weighted by Crippen LogP contribution is 2.17. The first-order valence-electron chi connectivity index (χ1n) is 4.99. The first kappa shape index (κ1) is 14.4. The van der Waals surface area contributed by atoms with Gasteiger partial charge in [0.25, 0.3) is 0 Å². The van der Waals surface area contributed by atoms with Gasteiger partial charge >= 0.3 is 0 Å². The summed E-state index contributed by atoms with van der Waals surface area (Å²) in [5.41, 5.74) is 5.19. The summed E-state index contributed by atoms with van der Waals surface area (Å²) >= 11 is 0. The Bertz CT molecular complexity index is 545. The Hall–Kier alpha value is -1.67. The Labute approximate surface area is 105 Å². The minimum atomic E-state index is -3.65. The van der Waals surface area contributed by atoms with E-state index in [1.54, 1.807) is 0 Å². The van der Waals surface area contributed by atoms with Crippen molar-refractivity contribution in [3.05, 3.63) is 29.6 Å². The minimum Gasteiger partial charge on any atom is -0.384 e. The number of amidine groups is 1. The molecule has 1 aromatic carbocycles. The summed E-state index contributed by atoms with van der Waals surface area (Å²) in [6.45, 7) is 0.0164. The van der Waals surface area contributed by atoms with E-state index in [-0.39, 0.29) is 29.4 Å². The summed E-state index contributed by atoms with van der Waals surface area (Å²) in [7, 11) is -2.28. The average molecular weight is 275 g/mol. The zero-order valence-corrected chi connectivity index (χ0v) is 10.6. The van der Waals surface area contributed by atoms with E-state index in [0.717, 1.165) is 6.07 Å². The molecule has 0 amide bonds. The van der Waals surface area contributed by atoms with Crippen molar-refractivity contribution in [1.82, 2.24) is 0 Å². The highest BCUT2D eigenvalue weighted by molar-refractivity contribution is 7.92. The van der Waals surface area contributed by atoms with Crippen molar-refractivity contribution in [2.24, 2.45) is 5.73 Å². The molecular formula is C10H14FN3O3S. The second-order valence-electron chi connectivity index (χ2n) is 3.52. The molecule has 18 heavy (non-hydrogen) atoms. The van der Waals surface area contributed by atoms with Crippen LogP contribution in [0.4, 0.5) is 10.1 Å². The number of nitrogens with two attached hydrogens (primary N) is 1. The lowest BCUT2D eigenvalue weighted by molar-refractivity contribution is 0.217. The summed E-state index contributed by atoms with van der Waals surface area (Å²) in [6, 6.07) is 3.58. The van der Waals surface area contributed by atoms with Crippen LogP contribution in [0.2, 0.25) is 0 Å². The molecule has 0 atom stereocenters. The van der Waals surface area contributed by atoms with E-state index in [4.69, 9.17) is 11.1 Å². The Morgan fingerprint density at radius 1 is 1.56 bits per heavy atom. The smallest absolute Gasteiger partial charge is 0.235 e. The van der Waals surface area contributed by atoms with Gasteiger partial charge in [-0.1, -0.05) is 0 Å². The number of nitrogens with one attached hydrogen (secondary N) is 2. The predicted octanol–water partition coefficient (Wildman–Crippen LogP) is 0.498. The minimum absolute atomic E-state index is 0.0164. The van der Waals surface area contributed by atoms with E-state index in [9.17, 15) is 12.8 Å². The number of rotatable bonds is 6. The monoisotopic (exact) mass is 275 g/mol. The second kappa shape index (κ2) is 5.78. The number of hydrogen-bond acceptors (Lipinski definition) is 4. The van der Waals surface area contributed by atoms with E-state index < -0.39 is 15.8 Å². The van der Waals surface area contributed by atoms with E-state index >= 15 is 0 Å². The van der Waals surface area contributed by atoms with Crippen LogP contribution in [0, 0.1) is 11.2 Å². The molecule has 0 aliphatic heterocycles. The molecule has 0 spiro atoms. The zero-order chi connectivity index (χ0) is 13.8. The third kappa shape index (κ3) is 3.97. The van der Waals surface area contributed by atoms with Crippen molar-refractivity contribution in [3.8, 4) is 0 Å². The Balaban J connectivity index is 2.89. The molecule has 0 aliphatic carbocycles. The van der Waals surface area contributed by atoms with Crippen LogP contribution in [0.15, 0.2) is 18.2 Å². The van der Waals surface area contributed by atoms with E-state index in [1.165, 1.54) is 19.2 Å². The summed E-state index contributed by atoms with van der Waals surface area (Å²) in [5, 5.41) is 7.13. The van der Waals surface area contributed by atoms with Crippen LogP contribution >= 0.6 is 0 Å². The maximum Gasteiger partial charge on any atom is 0.235 e. The molecule has 0 bridgehead atoms. The number of sulfonamides is 1. The van der Waals surface area contributed by atoms with Crippen LogP contribution < -0.4 is 10.5 Å². The maximum absolute atomic E-state index is 13.6. The predicted molar refractivity (Wildman–Crippen MR) is 66.7 cm³/mol. The highest BCUT2D eigenvalue weighted by Gasteiger charge is 2.13. The second-order valence-corrected chi connectivity index (χ2v) is 5.36. The van der Waals surface area contributed by atoms with Crippen molar-refractivity contribution < 1.29 is 17.5 Å². The molecule has 0 fully saturated rings. The Morgan fingerprint density at radius 3 is 2.72 bits per heavy atom. The van der Waals surface area contributed by atoms with E-state index in [2.05, 4.69) is 9.46 Å². The summed E-state index contributed by atoms with van der Waals surface area (Å²) in [5.74, 6) is -1.34. The summed E-state index contributed by atoms with van der Waals surface area (Å²) in [4.78, 5) is 0. The largest absolute Gasteiger partial charge is 0.384 e. The SMILES string of the molecule is COCCS(=O)(=O)Nc1ccc(C(=N)N)cc1F. The Morgan fingerprint density at radius 2 is 2.22 bits per heavy atom. The van der Waals surface area contributed by atoms with Crippen LogP contribution in [0.25, 0.3) is 0 Å². The highest BCUT2D eigenvalue weighted by atomic mass is 32.2. The summed E-state index contributed by atoms with van der Waals surface area (Å²) in [6.07, 6.45) is 0. The lowest BCUT2D eigenvalue weighted by Gasteiger charge is -2.09. The fourth-order valence-corrected chi connectivity index (χ4v) is 2.17. The van der Waals surface area contributed by atoms with Crippen LogP contribution in [0.3, 0.4) is 0 Å². The fourth-order valence-electron chi connectivity index (χ4n) is 1.18. The molecule has 1 aromatic rings. The molecule has 0 unspecified atom stereocenters. The van der Waals surface area contributed by atoms with Crippen molar-refractivity contribution >= 4 is 21.5 Å². The van der Waals surface area contributed by atoms with Gasteiger partial charge in [-0.05, 0) is 18.2 Å². The fraction of sp³-hybridized carbons (Fsp3) is 0.300. The number of ether oxygens (including phenoxy) is 1. The van der Waals surface area contributed by atoms with Gasteiger partial charge < -0.3 is 10.5 Å². The van der Waals surface area contributed by atoms with Crippen LogP contribution in [0.1, 0.15) is 5.56 Å². The molecule has 0 radical (unpaired) electrons. The Kier molecular flexibility index (Phi) is 4.62. The molecule has 4 N–H and O–H groups in total. The van der Waals surface area contributed by atoms with Gasteiger partial charge in [0.1, 0.15) is 11.7 Å². The molecule has 100 valence electrons. The van der Waals surface area contributed by atoms with Gasteiger partial charge in [-0.25, -0.2) is 12.8 Å². The van der Waals surface area contributed by atoms with Crippen LogP contribution in [-0.4, -0.2) is 33.7 Å². The molecular weight excluding hydrogens is 261 g/mol. The van der Waals surface area contributed by atoms with E-state index in [1.807, 2.05) is 0 Å².